The minimum absolute atomic E-state index is 0.163. The van der Waals surface area contributed by atoms with Crippen LogP contribution in [0.1, 0.15) is 16.7 Å². The van der Waals surface area contributed by atoms with Gasteiger partial charge in [0.05, 0.1) is 23.6 Å². The maximum absolute atomic E-state index is 13.6. The summed E-state index contributed by atoms with van der Waals surface area (Å²) in [4.78, 5) is 13.0. The third-order valence-electron chi connectivity index (χ3n) is 5.21. The first kappa shape index (κ1) is 24.8. The first-order valence-corrected chi connectivity index (χ1v) is 12.3. The number of benzene rings is 3. The van der Waals surface area contributed by atoms with Crippen LogP contribution in [0, 0.1) is 13.8 Å². The monoisotopic (exact) mass is 486 g/mol. The number of aryl methyl sites for hydroxylation is 2. The Morgan fingerprint density at radius 1 is 1.03 bits per heavy atom. The summed E-state index contributed by atoms with van der Waals surface area (Å²) < 4.78 is 33.5. The summed E-state index contributed by atoms with van der Waals surface area (Å²) in [7, 11) is -2.40. The topological polar surface area (TPSA) is 75.7 Å². The Hall–Kier alpha value is -2.87. The van der Waals surface area contributed by atoms with E-state index < -0.39 is 15.9 Å². The Morgan fingerprint density at radius 3 is 2.42 bits per heavy atom. The predicted molar refractivity (Wildman–Crippen MR) is 131 cm³/mol. The lowest BCUT2D eigenvalue weighted by Crippen LogP contribution is -2.39. The summed E-state index contributed by atoms with van der Waals surface area (Å²) in [5.74, 6) is 0.0230. The van der Waals surface area contributed by atoms with Gasteiger partial charge in [-0.1, -0.05) is 54.1 Å². The zero-order valence-corrected chi connectivity index (χ0v) is 20.4. The lowest BCUT2D eigenvalue weighted by molar-refractivity contribution is -0.116. The molecule has 6 nitrogen and oxygen atoms in total. The van der Waals surface area contributed by atoms with Crippen molar-refractivity contribution in [2.45, 2.75) is 25.2 Å². The van der Waals surface area contributed by atoms with Crippen LogP contribution < -0.4 is 10.1 Å². The standard InChI is InChI=1S/C25H27ClN2O4S/c1-18-9-10-19(2)24(15-18)33(30,31)28(14-13-20-7-5-4-6-8-20)17-25(29)27-21-11-12-23(32-3)22(26)16-21/h4-12,15-16H,13-14,17H2,1-3H3,(H,27,29). The second-order valence-corrected chi connectivity index (χ2v) is 10.1. The number of ether oxygens (including phenoxy) is 1. The molecule has 0 heterocycles. The van der Waals surface area contributed by atoms with Gasteiger partial charge in [-0.15, -0.1) is 0 Å². The molecule has 0 bridgehead atoms. The highest BCUT2D eigenvalue weighted by atomic mass is 35.5. The van der Waals surface area contributed by atoms with Crippen LogP contribution in [-0.4, -0.2) is 38.8 Å². The summed E-state index contributed by atoms with van der Waals surface area (Å²) >= 11 is 6.14. The highest BCUT2D eigenvalue weighted by Gasteiger charge is 2.28. The fourth-order valence-corrected chi connectivity index (χ4v) is 5.38. The Bertz CT molecular complexity index is 1230. The van der Waals surface area contributed by atoms with Gasteiger partial charge in [-0.25, -0.2) is 8.42 Å². The maximum atomic E-state index is 13.6. The second-order valence-electron chi connectivity index (χ2n) is 7.74. The van der Waals surface area contributed by atoms with Crippen LogP contribution in [0.25, 0.3) is 0 Å². The molecule has 0 radical (unpaired) electrons. The summed E-state index contributed by atoms with van der Waals surface area (Å²) in [6.45, 7) is 3.43. The molecular weight excluding hydrogens is 460 g/mol. The third-order valence-corrected chi connectivity index (χ3v) is 7.49. The van der Waals surface area contributed by atoms with Gasteiger partial charge < -0.3 is 10.1 Å². The molecule has 33 heavy (non-hydrogen) atoms. The number of hydrogen-bond acceptors (Lipinski definition) is 4. The molecule has 0 aliphatic rings. The molecule has 3 rings (SSSR count). The van der Waals surface area contributed by atoms with Crippen LogP contribution in [-0.2, 0) is 21.2 Å². The fraction of sp³-hybridized carbons (Fsp3) is 0.240. The molecule has 1 amide bonds. The van der Waals surface area contributed by atoms with E-state index in [0.717, 1.165) is 11.1 Å². The quantitative estimate of drug-likeness (QED) is 0.469. The molecule has 0 unspecified atom stereocenters. The van der Waals surface area contributed by atoms with Crippen LogP contribution in [0.15, 0.2) is 71.6 Å². The van der Waals surface area contributed by atoms with E-state index in [4.69, 9.17) is 16.3 Å². The van der Waals surface area contributed by atoms with Crippen molar-refractivity contribution < 1.29 is 17.9 Å². The number of methoxy groups -OCH3 is 1. The predicted octanol–water partition coefficient (Wildman–Crippen LogP) is 4.84. The zero-order chi connectivity index (χ0) is 24.0. The Balaban J connectivity index is 1.85. The summed E-state index contributed by atoms with van der Waals surface area (Å²) in [5.41, 5.74) is 2.91. The summed E-state index contributed by atoms with van der Waals surface area (Å²) in [6, 6.07) is 19.7. The number of hydrogen-bond donors (Lipinski definition) is 1. The van der Waals surface area contributed by atoms with Gasteiger partial charge in [0.2, 0.25) is 15.9 Å². The Kier molecular flexibility index (Phi) is 8.13. The van der Waals surface area contributed by atoms with E-state index in [1.165, 1.54) is 11.4 Å². The van der Waals surface area contributed by atoms with Crippen molar-refractivity contribution in [1.82, 2.24) is 4.31 Å². The van der Waals surface area contributed by atoms with Crippen molar-refractivity contribution in [2.24, 2.45) is 0 Å². The van der Waals surface area contributed by atoms with Gasteiger partial charge in [0, 0.05) is 12.2 Å². The molecule has 0 saturated carbocycles. The Labute approximate surface area is 200 Å². The van der Waals surface area contributed by atoms with Crippen molar-refractivity contribution >= 4 is 33.2 Å². The SMILES string of the molecule is COc1ccc(NC(=O)CN(CCc2ccccc2)S(=O)(=O)c2cc(C)ccc2C)cc1Cl. The van der Waals surface area contributed by atoms with Crippen molar-refractivity contribution in [3.05, 3.63) is 88.4 Å². The smallest absolute Gasteiger partial charge is 0.243 e. The van der Waals surface area contributed by atoms with E-state index in [1.807, 2.05) is 43.3 Å². The highest BCUT2D eigenvalue weighted by molar-refractivity contribution is 7.89. The number of anilines is 1. The normalized spacial score (nSPS) is 11.4. The molecule has 0 aromatic heterocycles. The zero-order valence-electron chi connectivity index (χ0n) is 18.8. The molecule has 0 aliphatic heterocycles. The van der Waals surface area contributed by atoms with Gasteiger partial charge in [0.25, 0.3) is 0 Å². The lowest BCUT2D eigenvalue weighted by Gasteiger charge is -2.23. The Morgan fingerprint density at radius 2 is 1.76 bits per heavy atom. The number of halogens is 1. The first-order chi connectivity index (χ1) is 15.7. The van der Waals surface area contributed by atoms with E-state index in [9.17, 15) is 13.2 Å². The van der Waals surface area contributed by atoms with Gasteiger partial charge >= 0.3 is 0 Å². The molecule has 3 aromatic rings. The molecule has 0 fully saturated rings. The molecular formula is C25H27ClN2O4S. The minimum Gasteiger partial charge on any atom is -0.495 e. The molecule has 0 spiro atoms. The molecule has 0 atom stereocenters. The van der Waals surface area contributed by atoms with E-state index in [0.29, 0.717) is 28.4 Å². The van der Waals surface area contributed by atoms with E-state index in [-0.39, 0.29) is 18.0 Å². The third kappa shape index (κ3) is 6.35. The fourth-order valence-electron chi connectivity index (χ4n) is 3.41. The van der Waals surface area contributed by atoms with Gasteiger partial charge in [-0.05, 0) is 61.2 Å². The van der Waals surface area contributed by atoms with Crippen LogP contribution in [0.3, 0.4) is 0 Å². The first-order valence-electron chi connectivity index (χ1n) is 10.5. The van der Waals surface area contributed by atoms with Crippen LogP contribution in [0.4, 0.5) is 5.69 Å². The highest BCUT2D eigenvalue weighted by Crippen LogP contribution is 2.27. The maximum Gasteiger partial charge on any atom is 0.243 e. The number of nitrogens with one attached hydrogen (secondary N) is 1. The van der Waals surface area contributed by atoms with E-state index >= 15 is 0 Å². The second kappa shape index (κ2) is 10.8. The van der Waals surface area contributed by atoms with E-state index in [2.05, 4.69) is 5.32 Å². The summed E-state index contributed by atoms with van der Waals surface area (Å²) in [6.07, 6.45) is 0.479. The average Bonchev–Trinajstić information content (AvgIpc) is 2.79. The van der Waals surface area contributed by atoms with Gasteiger partial charge in [0.15, 0.2) is 0 Å². The molecule has 0 saturated heterocycles. The van der Waals surface area contributed by atoms with Crippen LogP contribution in [0.2, 0.25) is 5.02 Å². The largest absolute Gasteiger partial charge is 0.495 e. The number of rotatable bonds is 9. The van der Waals surface area contributed by atoms with Crippen LogP contribution in [0.5, 0.6) is 5.75 Å². The number of amides is 1. The number of sulfonamides is 1. The molecule has 1 N–H and O–H groups in total. The van der Waals surface area contributed by atoms with Crippen molar-refractivity contribution in [3.8, 4) is 5.75 Å². The molecule has 174 valence electrons. The molecule has 3 aromatic carbocycles. The van der Waals surface area contributed by atoms with Crippen molar-refractivity contribution in [1.29, 1.82) is 0 Å². The van der Waals surface area contributed by atoms with Crippen LogP contribution >= 0.6 is 11.6 Å². The minimum atomic E-state index is -3.90. The summed E-state index contributed by atoms with van der Waals surface area (Å²) in [5, 5.41) is 3.07. The lowest BCUT2D eigenvalue weighted by atomic mass is 10.1. The van der Waals surface area contributed by atoms with Gasteiger partial charge in [-0.2, -0.15) is 4.31 Å². The van der Waals surface area contributed by atoms with Gasteiger partial charge in [-0.3, -0.25) is 4.79 Å². The number of nitrogens with zero attached hydrogens (tertiary/aromatic N) is 1. The van der Waals surface area contributed by atoms with Gasteiger partial charge in [0.1, 0.15) is 5.75 Å². The number of carbonyl (C=O) groups excluding carboxylic acids is 1. The average molecular weight is 487 g/mol. The van der Waals surface area contributed by atoms with E-state index in [1.54, 1.807) is 37.3 Å². The molecule has 0 aliphatic carbocycles. The molecule has 8 heteroatoms. The van der Waals surface area contributed by atoms with Crippen molar-refractivity contribution in [3.63, 3.8) is 0 Å². The number of carbonyl (C=O) groups is 1. The van der Waals surface area contributed by atoms with Crippen molar-refractivity contribution in [2.75, 3.05) is 25.5 Å².